The standard InChI is InChI=1S/C20H16N2O5/c1-27-20(26)16-11-15(19(25)21(16)12-7-3-2-4-8-12)22-17(23)13-9-5-6-10-14(13)18(22)24/h2-10,15-16H,11H2,1H3/t15-,16-/m0/s1. The van der Waals surface area contributed by atoms with Crippen molar-refractivity contribution in [3.8, 4) is 0 Å². The molecule has 2 aliphatic rings. The number of esters is 1. The molecule has 7 heteroatoms. The molecule has 0 aliphatic carbocycles. The van der Waals surface area contributed by atoms with Gasteiger partial charge in [-0.25, -0.2) is 4.79 Å². The number of nitrogens with zero attached hydrogens (tertiary/aromatic N) is 2. The Morgan fingerprint density at radius 3 is 2.00 bits per heavy atom. The van der Waals surface area contributed by atoms with Crippen molar-refractivity contribution in [2.75, 3.05) is 12.0 Å². The minimum atomic E-state index is -1.05. The van der Waals surface area contributed by atoms with Gasteiger partial charge in [-0.1, -0.05) is 30.3 Å². The third kappa shape index (κ3) is 2.51. The molecule has 136 valence electrons. The van der Waals surface area contributed by atoms with Gasteiger partial charge in [-0.05, 0) is 24.3 Å². The summed E-state index contributed by atoms with van der Waals surface area (Å²) in [6, 6.07) is 13.1. The fourth-order valence-electron chi connectivity index (χ4n) is 3.67. The van der Waals surface area contributed by atoms with Gasteiger partial charge in [0, 0.05) is 12.1 Å². The fraction of sp³-hybridized carbons (Fsp3) is 0.200. The highest BCUT2D eigenvalue weighted by atomic mass is 16.5. The van der Waals surface area contributed by atoms with Gasteiger partial charge in [-0.15, -0.1) is 0 Å². The normalized spacial score (nSPS) is 21.6. The summed E-state index contributed by atoms with van der Waals surface area (Å²) in [6.07, 6.45) is -0.00807. The van der Waals surface area contributed by atoms with Crippen LogP contribution in [0, 0.1) is 0 Å². The first-order chi connectivity index (χ1) is 13.0. The topological polar surface area (TPSA) is 84.0 Å². The van der Waals surface area contributed by atoms with E-state index < -0.39 is 35.8 Å². The third-order valence-corrected chi connectivity index (χ3v) is 4.93. The van der Waals surface area contributed by atoms with Crippen LogP contribution in [0.1, 0.15) is 27.1 Å². The SMILES string of the molecule is COC(=O)[C@@H]1C[C@H](N2C(=O)c3ccccc3C2=O)C(=O)N1c1ccccc1. The van der Waals surface area contributed by atoms with Gasteiger partial charge >= 0.3 is 5.97 Å². The molecule has 0 bridgehead atoms. The van der Waals surface area contributed by atoms with Crippen LogP contribution in [0.4, 0.5) is 5.69 Å². The van der Waals surface area contributed by atoms with Crippen molar-refractivity contribution in [2.24, 2.45) is 0 Å². The van der Waals surface area contributed by atoms with Crippen LogP contribution in [0.2, 0.25) is 0 Å². The van der Waals surface area contributed by atoms with Crippen LogP contribution in [0.3, 0.4) is 0 Å². The molecule has 0 N–H and O–H groups in total. The van der Waals surface area contributed by atoms with Gasteiger partial charge in [0.2, 0.25) is 0 Å². The Balaban J connectivity index is 1.73. The number of ether oxygens (including phenoxy) is 1. The molecule has 0 saturated carbocycles. The Labute approximate surface area is 155 Å². The van der Waals surface area contributed by atoms with E-state index in [1.807, 2.05) is 0 Å². The maximum Gasteiger partial charge on any atom is 0.329 e. The molecule has 4 rings (SSSR count). The van der Waals surface area contributed by atoms with E-state index in [2.05, 4.69) is 0 Å². The van der Waals surface area contributed by atoms with Crippen LogP contribution in [-0.4, -0.2) is 47.8 Å². The third-order valence-electron chi connectivity index (χ3n) is 4.93. The van der Waals surface area contributed by atoms with Crippen molar-refractivity contribution in [2.45, 2.75) is 18.5 Å². The van der Waals surface area contributed by atoms with Gasteiger partial charge in [-0.2, -0.15) is 0 Å². The van der Waals surface area contributed by atoms with E-state index in [4.69, 9.17) is 4.74 Å². The highest BCUT2D eigenvalue weighted by molar-refractivity contribution is 6.24. The molecule has 1 saturated heterocycles. The van der Waals surface area contributed by atoms with E-state index in [1.54, 1.807) is 54.6 Å². The van der Waals surface area contributed by atoms with Crippen LogP contribution >= 0.6 is 0 Å². The second-order valence-corrected chi connectivity index (χ2v) is 6.36. The highest BCUT2D eigenvalue weighted by Gasteiger charge is 2.52. The predicted molar refractivity (Wildman–Crippen MR) is 95.1 cm³/mol. The molecule has 7 nitrogen and oxygen atoms in total. The van der Waals surface area contributed by atoms with Crippen molar-refractivity contribution < 1.29 is 23.9 Å². The van der Waals surface area contributed by atoms with Gasteiger partial charge < -0.3 is 4.74 Å². The van der Waals surface area contributed by atoms with Crippen molar-refractivity contribution in [1.29, 1.82) is 0 Å². The number of imide groups is 1. The maximum absolute atomic E-state index is 13.1. The minimum absolute atomic E-state index is 0.00807. The number of anilines is 1. The number of hydrogen-bond donors (Lipinski definition) is 0. The predicted octanol–water partition coefficient (Wildman–Crippen LogP) is 1.63. The van der Waals surface area contributed by atoms with Crippen molar-refractivity contribution in [3.05, 3.63) is 65.7 Å². The summed E-state index contributed by atoms with van der Waals surface area (Å²) in [5, 5.41) is 0. The lowest BCUT2D eigenvalue weighted by Crippen LogP contribution is -2.45. The lowest BCUT2D eigenvalue weighted by atomic mass is 10.1. The molecule has 0 aromatic heterocycles. The first-order valence-corrected chi connectivity index (χ1v) is 8.47. The smallest absolute Gasteiger partial charge is 0.329 e. The maximum atomic E-state index is 13.1. The van der Waals surface area contributed by atoms with E-state index >= 15 is 0 Å². The Hall–Kier alpha value is -3.48. The molecule has 2 heterocycles. The lowest BCUT2D eigenvalue weighted by molar-refractivity contribution is -0.142. The number of benzene rings is 2. The van der Waals surface area contributed by atoms with Crippen LogP contribution in [0.5, 0.6) is 0 Å². The average Bonchev–Trinajstić information content (AvgIpc) is 3.16. The minimum Gasteiger partial charge on any atom is -0.467 e. The van der Waals surface area contributed by atoms with Gasteiger partial charge in [0.15, 0.2) is 0 Å². The first-order valence-electron chi connectivity index (χ1n) is 8.47. The molecule has 0 radical (unpaired) electrons. The second-order valence-electron chi connectivity index (χ2n) is 6.36. The van der Waals surface area contributed by atoms with Gasteiger partial charge in [0.1, 0.15) is 12.1 Å². The number of carbonyl (C=O) groups excluding carboxylic acids is 4. The Morgan fingerprint density at radius 2 is 1.44 bits per heavy atom. The highest BCUT2D eigenvalue weighted by Crippen LogP contribution is 2.34. The molecule has 27 heavy (non-hydrogen) atoms. The molecule has 0 unspecified atom stereocenters. The van der Waals surface area contributed by atoms with Gasteiger partial charge in [0.25, 0.3) is 17.7 Å². The first kappa shape index (κ1) is 17.0. The van der Waals surface area contributed by atoms with E-state index in [1.165, 1.54) is 12.0 Å². The monoisotopic (exact) mass is 364 g/mol. The zero-order valence-corrected chi connectivity index (χ0v) is 14.5. The van der Waals surface area contributed by atoms with E-state index in [0.29, 0.717) is 5.69 Å². The lowest BCUT2D eigenvalue weighted by Gasteiger charge is -2.23. The van der Waals surface area contributed by atoms with E-state index in [-0.39, 0.29) is 17.5 Å². The van der Waals surface area contributed by atoms with Crippen LogP contribution in [0.25, 0.3) is 0 Å². The second kappa shape index (κ2) is 6.35. The summed E-state index contributed by atoms with van der Waals surface area (Å²) in [4.78, 5) is 53.2. The number of amides is 3. The largest absolute Gasteiger partial charge is 0.467 e. The number of fused-ring (bicyclic) bond motifs is 1. The molecule has 3 amide bonds. The summed E-state index contributed by atoms with van der Waals surface area (Å²) >= 11 is 0. The van der Waals surface area contributed by atoms with Crippen LogP contribution in [-0.2, 0) is 14.3 Å². The van der Waals surface area contributed by atoms with Gasteiger partial charge in [-0.3, -0.25) is 24.2 Å². The Morgan fingerprint density at radius 1 is 0.889 bits per heavy atom. The van der Waals surface area contributed by atoms with Gasteiger partial charge in [0.05, 0.1) is 18.2 Å². The van der Waals surface area contributed by atoms with Crippen molar-refractivity contribution in [1.82, 2.24) is 4.90 Å². The molecule has 2 aromatic rings. The Bertz CT molecular complexity index is 921. The number of rotatable bonds is 3. The fourth-order valence-corrected chi connectivity index (χ4v) is 3.67. The van der Waals surface area contributed by atoms with E-state index in [9.17, 15) is 19.2 Å². The number of para-hydroxylation sites is 1. The molecule has 0 spiro atoms. The zero-order valence-electron chi connectivity index (χ0n) is 14.5. The molecule has 2 aliphatic heterocycles. The molecular formula is C20H16N2O5. The summed E-state index contributed by atoms with van der Waals surface area (Å²) in [5.74, 6) is -2.11. The number of carbonyl (C=O) groups is 4. The van der Waals surface area contributed by atoms with E-state index in [0.717, 1.165) is 4.90 Å². The molecule has 2 atom stereocenters. The molecule has 1 fully saturated rings. The van der Waals surface area contributed by atoms with Crippen LogP contribution in [0.15, 0.2) is 54.6 Å². The van der Waals surface area contributed by atoms with Crippen LogP contribution < -0.4 is 4.90 Å². The van der Waals surface area contributed by atoms with Crippen molar-refractivity contribution >= 4 is 29.4 Å². The average molecular weight is 364 g/mol. The summed E-state index contributed by atoms with van der Waals surface area (Å²) < 4.78 is 4.84. The molecular weight excluding hydrogens is 348 g/mol. The quantitative estimate of drug-likeness (QED) is 0.611. The summed E-state index contributed by atoms with van der Waals surface area (Å²) in [7, 11) is 1.24. The summed E-state index contributed by atoms with van der Waals surface area (Å²) in [5.41, 5.74) is 1.04. The summed E-state index contributed by atoms with van der Waals surface area (Å²) in [6.45, 7) is 0. The number of methoxy groups -OCH3 is 1. The molecule has 2 aromatic carbocycles. The Kier molecular flexibility index (Phi) is 3.99. The zero-order chi connectivity index (χ0) is 19.1. The van der Waals surface area contributed by atoms with Crippen molar-refractivity contribution in [3.63, 3.8) is 0 Å². The number of hydrogen-bond acceptors (Lipinski definition) is 5.